The van der Waals surface area contributed by atoms with Gasteiger partial charge in [-0.25, -0.2) is 0 Å². The molecule has 1 aliphatic heterocycles. The van der Waals surface area contributed by atoms with Crippen molar-refractivity contribution in [2.75, 3.05) is 19.7 Å². The van der Waals surface area contributed by atoms with Crippen LogP contribution in [0.4, 0.5) is 0 Å². The topological polar surface area (TPSA) is 29.5 Å². The van der Waals surface area contributed by atoms with Gasteiger partial charge >= 0.3 is 0 Å². The lowest BCUT2D eigenvalue weighted by Gasteiger charge is -2.22. The Bertz CT molecular complexity index is 451. The number of carbonyl (C=O) groups is 1. The highest BCUT2D eigenvalue weighted by molar-refractivity contribution is 9.11. The molecule has 1 heterocycles. The number of rotatable bonds is 1. The fourth-order valence-electron chi connectivity index (χ4n) is 2.01. The van der Waals surface area contributed by atoms with Crippen molar-refractivity contribution in [2.45, 2.75) is 19.4 Å². The average molecular weight is 377 g/mol. The highest BCUT2D eigenvalue weighted by atomic mass is 79.9. The molecule has 1 atom stereocenters. The number of nitrogens with zero attached hydrogens (tertiary/aromatic N) is 1. The lowest BCUT2D eigenvalue weighted by molar-refractivity contribution is 0.0562. The molecule has 1 aliphatic rings. The molecule has 1 aromatic rings. The van der Waals surface area contributed by atoms with E-state index in [1.54, 1.807) is 0 Å². The van der Waals surface area contributed by atoms with Crippen molar-refractivity contribution in [1.29, 1.82) is 0 Å². The fraction of sp³-hybridized carbons (Fsp3) is 0.462. The van der Waals surface area contributed by atoms with E-state index in [4.69, 9.17) is 4.74 Å². The van der Waals surface area contributed by atoms with Gasteiger partial charge in [0.2, 0.25) is 0 Å². The van der Waals surface area contributed by atoms with Gasteiger partial charge in [-0.3, -0.25) is 4.79 Å². The van der Waals surface area contributed by atoms with Crippen LogP contribution in [0.25, 0.3) is 0 Å². The van der Waals surface area contributed by atoms with E-state index in [0.717, 1.165) is 28.5 Å². The summed E-state index contributed by atoms with van der Waals surface area (Å²) in [6.07, 6.45) is 0.990. The molecule has 1 fully saturated rings. The molecule has 1 unspecified atom stereocenters. The van der Waals surface area contributed by atoms with Gasteiger partial charge in [0.15, 0.2) is 0 Å². The average Bonchev–Trinajstić information content (AvgIpc) is 2.56. The molecule has 1 saturated heterocycles. The molecular weight excluding hydrogens is 362 g/mol. The van der Waals surface area contributed by atoms with Crippen molar-refractivity contribution in [1.82, 2.24) is 4.90 Å². The standard InChI is InChI=1S/C13H15Br2NO2/c1-9-8-16(5-2-6-18-9)13(17)11-7-10(14)3-4-12(11)15/h3-4,7,9H,2,5-6,8H2,1H3. The van der Waals surface area contributed by atoms with Crippen LogP contribution >= 0.6 is 31.9 Å². The molecule has 98 valence electrons. The molecule has 0 saturated carbocycles. The molecule has 0 spiro atoms. The van der Waals surface area contributed by atoms with E-state index in [2.05, 4.69) is 31.9 Å². The van der Waals surface area contributed by atoms with Crippen LogP contribution in [0.3, 0.4) is 0 Å². The third kappa shape index (κ3) is 3.33. The molecule has 18 heavy (non-hydrogen) atoms. The first-order chi connectivity index (χ1) is 8.58. The highest BCUT2D eigenvalue weighted by Gasteiger charge is 2.22. The number of hydrogen-bond acceptors (Lipinski definition) is 2. The van der Waals surface area contributed by atoms with Gasteiger partial charge < -0.3 is 9.64 Å². The van der Waals surface area contributed by atoms with Crippen LogP contribution in [0.5, 0.6) is 0 Å². The van der Waals surface area contributed by atoms with E-state index in [1.807, 2.05) is 30.0 Å². The summed E-state index contributed by atoms with van der Waals surface area (Å²) in [5.41, 5.74) is 0.693. The van der Waals surface area contributed by atoms with Gasteiger partial charge in [0.1, 0.15) is 0 Å². The van der Waals surface area contributed by atoms with Gasteiger partial charge in [0, 0.05) is 28.6 Å². The molecule has 2 rings (SSSR count). The number of benzene rings is 1. The molecule has 0 bridgehead atoms. The Morgan fingerprint density at radius 2 is 2.22 bits per heavy atom. The number of halogens is 2. The van der Waals surface area contributed by atoms with Crippen LogP contribution in [-0.4, -0.2) is 36.6 Å². The van der Waals surface area contributed by atoms with Crippen molar-refractivity contribution >= 4 is 37.8 Å². The van der Waals surface area contributed by atoms with E-state index in [1.165, 1.54) is 0 Å². The molecule has 1 aromatic carbocycles. The van der Waals surface area contributed by atoms with Crippen LogP contribution in [-0.2, 0) is 4.74 Å². The summed E-state index contributed by atoms with van der Waals surface area (Å²) in [5, 5.41) is 0. The van der Waals surface area contributed by atoms with E-state index in [-0.39, 0.29) is 12.0 Å². The predicted molar refractivity (Wildman–Crippen MR) is 77.8 cm³/mol. The van der Waals surface area contributed by atoms with Gasteiger partial charge in [-0.15, -0.1) is 0 Å². The number of carbonyl (C=O) groups excluding carboxylic acids is 1. The molecule has 0 N–H and O–H groups in total. The minimum absolute atomic E-state index is 0.0560. The van der Waals surface area contributed by atoms with Crippen LogP contribution < -0.4 is 0 Å². The fourth-order valence-corrected chi connectivity index (χ4v) is 2.79. The lowest BCUT2D eigenvalue weighted by Crippen LogP contribution is -2.36. The minimum atomic E-state index is 0.0560. The normalized spacial score (nSPS) is 20.6. The van der Waals surface area contributed by atoms with E-state index < -0.39 is 0 Å². The minimum Gasteiger partial charge on any atom is -0.377 e. The van der Waals surface area contributed by atoms with E-state index >= 15 is 0 Å². The van der Waals surface area contributed by atoms with E-state index in [0.29, 0.717) is 12.1 Å². The number of hydrogen-bond donors (Lipinski definition) is 0. The first kappa shape index (κ1) is 14.0. The zero-order chi connectivity index (χ0) is 13.1. The lowest BCUT2D eigenvalue weighted by atomic mass is 10.2. The van der Waals surface area contributed by atoms with Crippen LogP contribution in [0.1, 0.15) is 23.7 Å². The number of ether oxygens (including phenoxy) is 1. The monoisotopic (exact) mass is 375 g/mol. The third-order valence-electron chi connectivity index (χ3n) is 2.90. The summed E-state index contributed by atoms with van der Waals surface area (Å²) in [5.74, 6) is 0.0560. The van der Waals surface area contributed by atoms with Crippen molar-refractivity contribution < 1.29 is 9.53 Å². The summed E-state index contributed by atoms with van der Waals surface area (Å²) in [4.78, 5) is 14.4. The van der Waals surface area contributed by atoms with Crippen molar-refractivity contribution in [3.05, 3.63) is 32.7 Å². The zero-order valence-corrected chi connectivity index (χ0v) is 13.3. The molecule has 1 amide bonds. The second-order valence-corrected chi connectivity index (χ2v) is 6.18. The van der Waals surface area contributed by atoms with Crippen molar-refractivity contribution in [3.63, 3.8) is 0 Å². The Morgan fingerprint density at radius 3 is 3.00 bits per heavy atom. The van der Waals surface area contributed by atoms with Gasteiger partial charge in [0.25, 0.3) is 5.91 Å². The summed E-state index contributed by atoms with van der Waals surface area (Å²) in [6, 6.07) is 5.65. The Hall–Kier alpha value is -0.390. The summed E-state index contributed by atoms with van der Waals surface area (Å²) >= 11 is 6.83. The van der Waals surface area contributed by atoms with Crippen molar-refractivity contribution in [3.8, 4) is 0 Å². The van der Waals surface area contributed by atoms with Crippen LogP contribution in [0.15, 0.2) is 27.1 Å². The Labute approximate surface area is 124 Å². The third-order valence-corrected chi connectivity index (χ3v) is 4.08. The Kier molecular flexibility index (Phi) is 4.81. The van der Waals surface area contributed by atoms with Crippen LogP contribution in [0.2, 0.25) is 0 Å². The SMILES string of the molecule is CC1CN(C(=O)c2cc(Br)ccc2Br)CCCO1. The second-order valence-electron chi connectivity index (χ2n) is 4.41. The molecule has 3 nitrogen and oxygen atoms in total. The quantitative estimate of drug-likeness (QED) is 0.751. The summed E-state index contributed by atoms with van der Waals surface area (Å²) < 4.78 is 7.30. The Balaban J connectivity index is 2.21. The summed E-state index contributed by atoms with van der Waals surface area (Å²) in [6.45, 7) is 4.13. The summed E-state index contributed by atoms with van der Waals surface area (Å²) in [7, 11) is 0. The highest BCUT2D eigenvalue weighted by Crippen LogP contribution is 2.23. The first-order valence-electron chi connectivity index (χ1n) is 5.94. The Morgan fingerprint density at radius 1 is 1.44 bits per heavy atom. The molecular formula is C13H15Br2NO2. The zero-order valence-electron chi connectivity index (χ0n) is 10.2. The molecule has 0 aromatic heterocycles. The second kappa shape index (κ2) is 6.17. The van der Waals surface area contributed by atoms with Gasteiger partial charge in [-0.2, -0.15) is 0 Å². The van der Waals surface area contributed by atoms with E-state index in [9.17, 15) is 4.79 Å². The van der Waals surface area contributed by atoms with Gasteiger partial charge in [-0.05, 0) is 47.5 Å². The van der Waals surface area contributed by atoms with Gasteiger partial charge in [0.05, 0.1) is 11.7 Å². The smallest absolute Gasteiger partial charge is 0.255 e. The van der Waals surface area contributed by atoms with Crippen molar-refractivity contribution in [2.24, 2.45) is 0 Å². The maximum absolute atomic E-state index is 12.5. The molecule has 5 heteroatoms. The first-order valence-corrected chi connectivity index (χ1v) is 7.52. The molecule has 0 radical (unpaired) electrons. The molecule has 0 aliphatic carbocycles. The van der Waals surface area contributed by atoms with Gasteiger partial charge in [-0.1, -0.05) is 15.9 Å². The van der Waals surface area contributed by atoms with Crippen LogP contribution in [0, 0.1) is 0 Å². The largest absolute Gasteiger partial charge is 0.377 e. The number of amides is 1. The maximum atomic E-state index is 12.5. The predicted octanol–water partition coefficient (Wildman–Crippen LogP) is 3.46. The maximum Gasteiger partial charge on any atom is 0.255 e.